The molecule has 2 aromatic rings. The minimum absolute atomic E-state index is 0.102. The molecule has 0 amide bonds. The maximum absolute atomic E-state index is 13.7. The first-order valence-electron chi connectivity index (χ1n) is 5.89. The van der Waals surface area contributed by atoms with E-state index in [4.69, 9.17) is 10.00 Å². The molecule has 1 unspecified atom stereocenters. The normalized spacial score (nSPS) is 11.5. The molecule has 0 fully saturated rings. The number of hydrogen-bond acceptors (Lipinski definition) is 3. The maximum Gasteiger partial charge on any atom is 0.143 e. The van der Waals surface area contributed by atoms with Crippen LogP contribution >= 0.6 is 0 Å². The fourth-order valence-corrected chi connectivity index (χ4v) is 1.77. The van der Waals surface area contributed by atoms with Crippen LogP contribution in [0.1, 0.15) is 11.6 Å². The number of nitriles is 1. The Balaban J connectivity index is 2.22. The third-order valence-electron chi connectivity index (χ3n) is 2.80. The Labute approximate surface area is 115 Å². The Hall–Kier alpha value is -2.61. The molecule has 0 aliphatic carbocycles. The highest BCUT2D eigenvalue weighted by Crippen LogP contribution is 2.23. The van der Waals surface area contributed by atoms with Crippen LogP contribution in [-0.2, 0) is 0 Å². The summed E-state index contributed by atoms with van der Waals surface area (Å²) in [6.45, 7) is 0. The molecule has 1 atom stereocenters. The minimum Gasteiger partial charge on any atom is -0.497 e. The second-order valence-corrected chi connectivity index (χ2v) is 4.10. The summed E-state index contributed by atoms with van der Waals surface area (Å²) in [6.07, 6.45) is 0. The molecule has 3 nitrogen and oxygen atoms in total. The van der Waals surface area contributed by atoms with Gasteiger partial charge in [-0.25, -0.2) is 8.78 Å². The number of methoxy groups -OCH3 is 1. The molecule has 0 saturated carbocycles. The van der Waals surface area contributed by atoms with Crippen molar-refractivity contribution in [1.82, 2.24) is 0 Å². The number of rotatable bonds is 4. The first-order valence-corrected chi connectivity index (χ1v) is 5.89. The third kappa shape index (κ3) is 3.04. The zero-order chi connectivity index (χ0) is 14.5. The van der Waals surface area contributed by atoms with Crippen LogP contribution in [-0.4, -0.2) is 7.11 Å². The van der Waals surface area contributed by atoms with Crippen molar-refractivity contribution in [2.75, 3.05) is 12.4 Å². The van der Waals surface area contributed by atoms with E-state index < -0.39 is 17.7 Å². The van der Waals surface area contributed by atoms with Crippen LogP contribution in [0.5, 0.6) is 5.75 Å². The van der Waals surface area contributed by atoms with Crippen molar-refractivity contribution in [1.29, 1.82) is 5.26 Å². The number of ether oxygens (including phenoxy) is 1. The van der Waals surface area contributed by atoms with E-state index in [9.17, 15) is 8.78 Å². The van der Waals surface area contributed by atoms with Crippen LogP contribution in [0.2, 0.25) is 0 Å². The fraction of sp³-hybridized carbons (Fsp3) is 0.133. The van der Waals surface area contributed by atoms with Gasteiger partial charge in [0.05, 0.1) is 13.2 Å². The molecular formula is C15H12F2N2O. The van der Waals surface area contributed by atoms with E-state index in [1.807, 2.05) is 6.07 Å². The first-order chi connectivity index (χ1) is 9.63. The van der Waals surface area contributed by atoms with E-state index in [0.29, 0.717) is 11.4 Å². The van der Waals surface area contributed by atoms with E-state index >= 15 is 0 Å². The van der Waals surface area contributed by atoms with Gasteiger partial charge in [-0.1, -0.05) is 6.07 Å². The van der Waals surface area contributed by atoms with Crippen LogP contribution < -0.4 is 10.1 Å². The van der Waals surface area contributed by atoms with Gasteiger partial charge in [-0.2, -0.15) is 5.26 Å². The second-order valence-electron chi connectivity index (χ2n) is 4.10. The lowest BCUT2D eigenvalue weighted by Crippen LogP contribution is -2.10. The van der Waals surface area contributed by atoms with Crippen molar-refractivity contribution in [3.8, 4) is 11.8 Å². The Morgan fingerprint density at radius 1 is 1.15 bits per heavy atom. The largest absolute Gasteiger partial charge is 0.497 e. The molecule has 2 aromatic carbocycles. The molecule has 0 bridgehead atoms. The van der Waals surface area contributed by atoms with E-state index in [1.165, 1.54) is 6.07 Å². The summed E-state index contributed by atoms with van der Waals surface area (Å²) >= 11 is 0. The molecule has 1 N–H and O–H groups in total. The molecule has 0 spiro atoms. The number of anilines is 1. The SMILES string of the molecule is COc1ccc(NC(C#N)c2ccc(F)cc2F)cc1. The van der Waals surface area contributed by atoms with Gasteiger partial charge < -0.3 is 10.1 Å². The van der Waals surface area contributed by atoms with Crippen molar-refractivity contribution in [2.45, 2.75) is 6.04 Å². The quantitative estimate of drug-likeness (QED) is 0.925. The highest BCUT2D eigenvalue weighted by molar-refractivity contribution is 5.50. The Kier molecular flexibility index (Phi) is 4.16. The average Bonchev–Trinajstić information content (AvgIpc) is 2.46. The van der Waals surface area contributed by atoms with Crippen LogP contribution in [0.4, 0.5) is 14.5 Å². The topological polar surface area (TPSA) is 45.0 Å². The number of benzene rings is 2. The molecule has 0 aliphatic heterocycles. The van der Waals surface area contributed by atoms with Crippen LogP contribution in [0.15, 0.2) is 42.5 Å². The van der Waals surface area contributed by atoms with Gasteiger partial charge >= 0.3 is 0 Å². The maximum atomic E-state index is 13.7. The number of hydrogen-bond donors (Lipinski definition) is 1. The molecule has 0 heterocycles. The summed E-state index contributed by atoms with van der Waals surface area (Å²) in [4.78, 5) is 0. The average molecular weight is 274 g/mol. The number of nitrogens with one attached hydrogen (secondary N) is 1. The van der Waals surface area contributed by atoms with Crippen LogP contribution in [0.25, 0.3) is 0 Å². The molecule has 0 radical (unpaired) electrons. The first kappa shape index (κ1) is 13.8. The van der Waals surface area contributed by atoms with Gasteiger partial charge in [0.2, 0.25) is 0 Å². The van der Waals surface area contributed by atoms with Gasteiger partial charge in [-0.15, -0.1) is 0 Å². The Morgan fingerprint density at radius 2 is 1.85 bits per heavy atom. The summed E-state index contributed by atoms with van der Waals surface area (Å²) in [5.41, 5.74) is 0.741. The minimum atomic E-state index is -0.899. The van der Waals surface area contributed by atoms with Crippen LogP contribution in [0, 0.1) is 23.0 Å². The molecule has 0 saturated heterocycles. The smallest absolute Gasteiger partial charge is 0.143 e. The highest BCUT2D eigenvalue weighted by Gasteiger charge is 2.15. The second kappa shape index (κ2) is 6.02. The lowest BCUT2D eigenvalue weighted by atomic mass is 10.1. The third-order valence-corrected chi connectivity index (χ3v) is 2.80. The molecule has 2 rings (SSSR count). The standard InChI is InChI=1S/C15H12F2N2O/c1-20-12-5-3-11(4-6-12)19-15(9-18)13-7-2-10(16)8-14(13)17/h2-8,15,19H,1H3. The molecule has 20 heavy (non-hydrogen) atoms. The van der Waals surface area contributed by atoms with Crippen molar-refractivity contribution in [3.63, 3.8) is 0 Å². The number of halogens is 2. The van der Waals surface area contributed by atoms with Crippen molar-refractivity contribution >= 4 is 5.69 Å². The summed E-state index contributed by atoms with van der Waals surface area (Å²) in [6, 6.07) is 11.1. The van der Waals surface area contributed by atoms with Crippen molar-refractivity contribution < 1.29 is 13.5 Å². The highest BCUT2D eigenvalue weighted by atomic mass is 19.1. The van der Waals surface area contributed by atoms with Crippen molar-refractivity contribution in [3.05, 3.63) is 59.7 Å². The molecule has 5 heteroatoms. The van der Waals surface area contributed by atoms with Gasteiger partial charge in [0.25, 0.3) is 0 Å². The fourth-order valence-electron chi connectivity index (χ4n) is 1.77. The van der Waals surface area contributed by atoms with Gasteiger partial charge in [0.1, 0.15) is 23.4 Å². The van der Waals surface area contributed by atoms with E-state index in [0.717, 1.165) is 12.1 Å². The molecule has 0 aliphatic rings. The Morgan fingerprint density at radius 3 is 2.40 bits per heavy atom. The van der Waals surface area contributed by atoms with E-state index in [-0.39, 0.29) is 5.56 Å². The predicted molar refractivity (Wildman–Crippen MR) is 71.3 cm³/mol. The van der Waals surface area contributed by atoms with Gasteiger partial charge in [-0.05, 0) is 30.3 Å². The lowest BCUT2D eigenvalue weighted by molar-refractivity contribution is 0.415. The zero-order valence-electron chi connectivity index (χ0n) is 10.7. The Bertz CT molecular complexity index is 635. The lowest BCUT2D eigenvalue weighted by Gasteiger charge is -2.14. The predicted octanol–water partition coefficient (Wildman–Crippen LogP) is 3.65. The molecule has 102 valence electrons. The van der Waals surface area contributed by atoms with Gasteiger partial charge in [0.15, 0.2) is 0 Å². The van der Waals surface area contributed by atoms with Gasteiger partial charge in [-0.3, -0.25) is 0 Å². The molecular weight excluding hydrogens is 262 g/mol. The summed E-state index contributed by atoms with van der Waals surface area (Å²) in [5, 5.41) is 12.0. The summed E-state index contributed by atoms with van der Waals surface area (Å²) in [7, 11) is 1.55. The number of nitrogens with zero attached hydrogens (tertiary/aromatic N) is 1. The zero-order valence-corrected chi connectivity index (χ0v) is 10.7. The van der Waals surface area contributed by atoms with E-state index in [1.54, 1.807) is 31.4 Å². The van der Waals surface area contributed by atoms with Gasteiger partial charge in [0, 0.05) is 17.3 Å². The summed E-state index contributed by atoms with van der Waals surface area (Å²) < 4.78 is 31.5. The molecule has 0 aromatic heterocycles. The monoisotopic (exact) mass is 274 g/mol. The van der Waals surface area contributed by atoms with Crippen molar-refractivity contribution in [2.24, 2.45) is 0 Å². The summed E-state index contributed by atoms with van der Waals surface area (Å²) in [5.74, 6) is -0.748. The van der Waals surface area contributed by atoms with E-state index in [2.05, 4.69) is 5.32 Å². The van der Waals surface area contributed by atoms with Crippen LogP contribution in [0.3, 0.4) is 0 Å².